The molecule has 0 aromatic heterocycles. The van der Waals surface area contributed by atoms with E-state index in [1.807, 2.05) is 18.2 Å². The topological polar surface area (TPSA) is 24.1 Å². The third-order valence-corrected chi connectivity index (χ3v) is 3.67. The Morgan fingerprint density at radius 2 is 2.35 bits per heavy atom. The maximum Gasteiger partial charge on any atom is 0.0409 e. The molecule has 0 amide bonds. The third kappa shape index (κ3) is 3.98. The standard InChI is InChI=1S/C14H21ClN2/c1-11(12-5-4-6-13(15)9-12)17-10-14-7-2-3-8-16-14/h4-6,9,11,14,16-17H,2-3,7-8,10H2,1H3/t11-,14?/m1/s1. The van der Waals surface area contributed by atoms with Gasteiger partial charge in [0.25, 0.3) is 0 Å². The molecule has 2 N–H and O–H groups in total. The second-order valence-electron chi connectivity index (χ2n) is 4.83. The number of hydrogen-bond donors (Lipinski definition) is 2. The minimum atomic E-state index is 0.359. The summed E-state index contributed by atoms with van der Waals surface area (Å²) in [7, 11) is 0. The molecule has 2 rings (SSSR count). The fourth-order valence-electron chi connectivity index (χ4n) is 2.31. The van der Waals surface area contributed by atoms with E-state index in [0.29, 0.717) is 12.1 Å². The number of rotatable bonds is 4. The lowest BCUT2D eigenvalue weighted by molar-refractivity contribution is 0.371. The lowest BCUT2D eigenvalue weighted by Gasteiger charge is -2.25. The van der Waals surface area contributed by atoms with Crippen LogP contribution in [0.2, 0.25) is 5.02 Å². The van der Waals surface area contributed by atoms with Crippen LogP contribution >= 0.6 is 11.6 Å². The van der Waals surface area contributed by atoms with Crippen molar-refractivity contribution in [3.63, 3.8) is 0 Å². The molecule has 0 saturated carbocycles. The fourth-order valence-corrected chi connectivity index (χ4v) is 2.51. The van der Waals surface area contributed by atoms with E-state index in [4.69, 9.17) is 11.6 Å². The van der Waals surface area contributed by atoms with Crippen molar-refractivity contribution >= 4 is 11.6 Å². The first-order chi connectivity index (χ1) is 8.25. The molecule has 2 nitrogen and oxygen atoms in total. The second-order valence-corrected chi connectivity index (χ2v) is 5.27. The summed E-state index contributed by atoms with van der Waals surface area (Å²) in [6, 6.07) is 9.07. The van der Waals surface area contributed by atoms with Crippen LogP contribution in [0.5, 0.6) is 0 Å². The molecule has 0 bridgehead atoms. The number of hydrogen-bond acceptors (Lipinski definition) is 2. The van der Waals surface area contributed by atoms with Gasteiger partial charge in [0.2, 0.25) is 0 Å². The summed E-state index contributed by atoms with van der Waals surface area (Å²) in [6.45, 7) is 4.39. The predicted octanol–water partition coefficient (Wildman–Crippen LogP) is 3.13. The first-order valence-corrected chi connectivity index (χ1v) is 6.86. The molecule has 3 heteroatoms. The van der Waals surface area contributed by atoms with E-state index in [-0.39, 0.29) is 0 Å². The minimum Gasteiger partial charge on any atom is -0.313 e. The summed E-state index contributed by atoms with van der Waals surface area (Å²) >= 11 is 6.00. The van der Waals surface area contributed by atoms with E-state index in [2.05, 4.69) is 23.6 Å². The molecule has 0 aliphatic carbocycles. The highest BCUT2D eigenvalue weighted by Gasteiger charge is 2.13. The molecule has 1 saturated heterocycles. The molecular formula is C14H21ClN2. The van der Waals surface area contributed by atoms with Gasteiger partial charge in [-0.2, -0.15) is 0 Å². The highest BCUT2D eigenvalue weighted by atomic mass is 35.5. The van der Waals surface area contributed by atoms with Crippen LogP contribution in [0.25, 0.3) is 0 Å². The highest BCUT2D eigenvalue weighted by Crippen LogP contribution is 2.17. The molecule has 1 aromatic rings. The average molecular weight is 253 g/mol. The number of halogens is 1. The molecule has 94 valence electrons. The van der Waals surface area contributed by atoms with Crippen LogP contribution in [0.15, 0.2) is 24.3 Å². The number of piperidine rings is 1. The Bertz CT molecular complexity index is 348. The monoisotopic (exact) mass is 252 g/mol. The van der Waals surface area contributed by atoms with Crippen LogP contribution in [-0.4, -0.2) is 19.1 Å². The van der Waals surface area contributed by atoms with Gasteiger partial charge in [0, 0.05) is 23.7 Å². The van der Waals surface area contributed by atoms with Gasteiger partial charge >= 0.3 is 0 Å². The van der Waals surface area contributed by atoms with Crippen LogP contribution in [0.4, 0.5) is 0 Å². The predicted molar refractivity (Wildman–Crippen MR) is 73.5 cm³/mol. The Labute approximate surface area is 109 Å². The summed E-state index contributed by atoms with van der Waals surface area (Å²) in [5.74, 6) is 0. The van der Waals surface area contributed by atoms with Crippen molar-refractivity contribution in [2.24, 2.45) is 0 Å². The van der Waals surface area contributed by atoms with E-state index in [0.717, 1.165) is 18.1 Å². The van der Waals surface area contributed by atoms with Gasteiger partial charge in [0.15, 0.2) is 0 Å². The Morgan fingerprint density at radius 3 is 3.06 bits per heavy atom. The molecule has 0 radical (unpaired) electrons. The molecule has 1 unspecified atom stereocenters. The van der Waals surface area contributed by atoms with Gasteiger partial charge in [-0.05, 0) is 44.0 Å². The molecule has 1 heterocycles. The third-order valence-electron chi connectivity index (χ3n) is 3.43. The van der Waals surface area contributed by atoms with Crippen LogP contribution in [0, 0.1) is 0 Å². The molecule has 1 fully saturated rings. The van der Waals surface area contributed by atoms with E-state index >= 15 is 0 Å². The van der Waals surface area contributed by atoms with E-state index in [1.54, 1.807) is 0 Å². The summed E-state index contributed by atoms with van der Waals surface area (Å²) < 4.78 is 0. The Morgan fingerprint density at radius 1 is 1.47 bits per heavy atom. The Hall–Kier alpha value is -0.570. The lowest BCUT2D eigenvalue weighted by atomic mass is 10.0. The van der Waals surface area contributed by atoms with Gasteiger partial charge < -0.3 is 10.6 Å². The zero-order valence-electron chi connectivity index (χ0n) is 10.4. The van der Waals surface area contributed by atoms with Crippen molar-refractivity contribution < 1.29 is 0 Å². The van der Waals surface area contributed by atoms with Gasteiger partial charge in [-0.3, -0.25) is 0 Å². The van der Waals surface area contributed by atoms with E-state index in [9.17, 15) is 0 Å². The van der Waals surface area contributed by atoms with Crippen molar-refractivity contribution in [2.45, 2.75) is 38.3 Å². The smallest absolute Gasteiger partial charge is 0.0409 e. The maximum absolute atomic E-state index is 6.00. The van der Waals surface area contributed by atoms with Gasteiger partial charge in [-0.1, -0.05) is 30.2 Å². The SMILES string of the molecule is C[C@@H](NCC1CCCCN1)c1cccc(Cl)c1. The van der Waals surface area contributed by atoms with Crippen molar-refractivity contribution in [3.8, 4) is 0 Å². The summed E-state index contributed by atoms with van der Waals surface area (Å²) in [4.78, 5) is 0. The molecule has 0 spiro atoms. The Kier molecular flexibility index (Phi) is 4.84. The summed E-state index contributed by atoms with van der Waals surface area (Å²) in [5, 5.41) is 7.94. The highest BCUT2D eigenvalue weighted by molar-refractivity contribution is 6.30. The van der Waals surface area contributed by atoms with Gasteiger partial charge in [0.05, 0.1) is 0 Å². The Balaban J connectivity index is 1.82. The first-order valence-electron chi connectivity index (χ1n) is 6.48. The van der Waals surface area contributed by atoms with Crippen molar-refractivity contribution in [3.05, 3.63) is 34.9 Å². The van der Waals surface area contributed by atoms with E-state index in [1.165, 1.54) is 24.8 Å². The molecular weight excluding hydrogens is 232 g/mol. The van der Waals surface area contributed by atoms with Gasteiger partial charge in [-0.15, -0.1) is 0 Å². The van der Waals surface area contributed by atoms with Crippen LogP contribution in [0.1, 0.15) is 37.8 Å². The zero-order chi connectivity index (χ0) is 12.1. The summed E-state index contributed by atoms with van der Waals surface area (Å²) in [5.41, 5.74) is 1.26. The van der Waals surface area contributed by atoms with Crippen molar-refractivity contribution in [1.82, 2.24) is 10.6 Å². The quantitative estimate of drug-likeness (QED) is 0.860. The molecule has 2 atom stereocenters. The van der Waals surface area contributed by atoms with Gasteiger partial charge in [0.1, 0.15) is 0 Å². The second kappa shape index (κ2) is 6.39. The first kappa shape index (κ1) is 12.9. The zero-order valence-corrected chi connectivity index (χ0v) is 11.1. The molecule has 17 heavy (non-hydrogen) atoms. The molecule has 1 aliphatic heterocycles. The van der Waals surface area contributed by atoms with Crippen molar-refractivity contribution in [2.75, 3.05) is 13.1 Å². The molecule has 1 aromatic carbocycles. The van der Waals surface area contributed by atoms with Gasteiger partial charge in [-0.25, -0.2) is 0 Å². The largest absolute Gasteiger partial charge is 0.313 e. The maximum atomic E-state index is 6.00. The minimum absolute atomic E-state index is 0.359. The van der Waals surface area contributed by atoms with Crippen molar-refractivity contribution in [1.29, 1.82) is 0 Å². The van der Waals surface area contributed by atoms with Crippen LogP contribution in [0.3, 0.4) is 0 Å². The molecule has 1 aliphatic rings. The van der Waals surface area contributed by atoms with Crippen LogP contribution in [-0.2, 0) is 0 Å². The average Bonchev–Trinajstić information content (AvgIpc) is 2.37. The van der Waals surface area contributed by atoms with Crippen LogP contribution < -0.4 is 10.6 Å². The number of benzene rings is 1. The lowest BCUT2D eigenvalue weighted by Crippen LogP contribution is -2.42. The number of nitrogens with one attached hydrogen (secondary N) is 2. The summed E-state index contributed by atoms with van der Waals surface area (Å²) in [6.07, 6.45) is 3.96. The fraction of sp³-hybridized carbons (Fsp3) is 0.571. The van der Waals surface area contributed by atoms with E-state index < -0.39 is 0 Å². The normalized spacial score (nSPS) is 22.4.